The summed E-state index contributed by atoms with van der Waals surface area (Å²) in [6.45, 7) is 0. The fourth-order valence-electron chi connectivity index (χ4n) is 4.21. The quantitative estimate of drug-likeness (QED) is 0.0952. The number of anilines is 2. The molecule has 1 heterocycles. The van der Waals surface area contributed by atoms with Crippen LogP contribution in [0.1, 0.15) is 15.9 Å². The summed E-state index contributed by atoms with van der Waals surface area (Å²) in [5, 5.41) is 11.2. The minimum Gasteiger partial charge on any atom is -0.496 e. The van der Waals surface area contributed by atoms with E-state index in [9.17, 15) is 14.4 Å². The number of nitrogens with one attached hydrogen (secondary N) is 3. The van der Waals surface area contributed by atoms with E-state index in [4.69, 9.17) is 27.9 Å². The van der Waals surface area contributed by atoms with Crippen LogP contribution < -0.4 is 20.7 Å². The smallest absolute Gasteiger partial charge is 0.272 e. The summed E-state index contributed by atoms with van der Waals surface area (Å²) >= 11 is 15.2. The van der Waals surface area contributed by atoms with E-state index < -0.39 is 11.8 Å². The van der Waals surface area contributed by atoms with Gasteiger partial charge in [-0.2, -0.15) is 0 Å². The van der Waals surface area contributed by atoms with Crippen LogP contribution in [0.2, 0.25) is 10.0 Å². The Balaban J connectivity index is 1.24. The van der Waals surface area contributed by atoms with Gasteiger partial charge in [-0.15, -0.1) is 23.1 Å². The Kier molecular flexibility index (Phi) is 11.1. The number of aromatic nitrogens is 1. The standard InChI is InChI=1S/C34H26Cl2N4O4S2/c1-44-29-16-6-5-14-25(29)28-19-46-34(39-28)40-30(41)20-45-24-13-8-12-23(18-24)37-33(43)27(17-22-11-7-15-26(35)31(22)36)38-32(42)21-9-3-2-4-10-21/h2-19H,20H2,1H3,(H,37,43)(H,38,42)(H,39,40,41)/b27-17+. The molecular weight excluding hydrogens is 663 g/mol. The predicted molar refractivity (Wildman–Crippen MR) is 187 cm³/mol. The molecule has 8 nitrogen and oxygen atoms in total. The molecule has 0 radical (unpaired) electrons. The van der Waals surface area contributed by atoms with Crippen molar-refractivity contribution in [2.45, 2.75) is 4.90 Å². The Labute approximate surface area is 283 Å². The van der Waals surface area contributed by atoms with Gasteiger partial charge in [-0.25, -0.2) is 4.98 Å². The van der Waals surface area contributed by atoms with Gasteiger partial charge in [0.05, 0.1) is 28.6 Å². The fraction of sp³-hybridized carbons (Fsp3) is 0.0588. The average Bonchev–Trinajstić information content (AvgIpc) is 3.54. The highest BCUT2D eigenvalue weighted by Gasteiger charge is 2.17. The maximum absolute atomic E-state index is 13.5. The summed E-state index contributed by atoms with van der Waals surface area (Å²) in [7, 11) is 1.60. The van der Waals surface area contributed by atoms with Gasteiger partial charge in [-0.1, -0.05) is 71.7 Å². The molecule has 0 saturated carbocycles. The van der Waals surface area contributed by atoms with Crippen molar-refractivity contribution in [3.8, 4) is 17.0 Å². The van der Waals surface area contributed by atoms with Gasteiger partial charge in [0.25, 0.3) is 11.8 Å². The van der Waals surface area contributed by atoms with Crippen LogP contribution in [0.15, 0.2) is 113 Å². The zero-order valence-electron chi connectivity index (χ0n) is 24.3. The number of thioether (sulfide) groups is 1. The van der Waals surface area contributed by atoms with Crippen LogP contribution in [0.5, 0.6) is 5.75 Å². The highest BCUT2D eigenvalue weighted by Crippen LogP contribution is 2.32. The van der Waals surface area contributed by atoms with Gasteiger partial charge < -0.3 is 20.7 Å². The number of methoxy groups -OCH3 is 1. The highest BCUT2D eigenvalue weighted by atomic mass is 35.5. The lowest BCUT2D eigenvalue weighted by Gasteiger charge is -2.13. The van der Waals surface area contributed by atoms with Gasteiger partial charge in [0, 0.05) is 27.1 Å². The Bertz CT molecular complexity index is 1910. The second kappa shape index (κ2) is 15.6. The van der Waals surface area contributed by atoms with E-state index in [2.05, 4.69) is 20.9 Å². The molecule has 5 aromatic rings. The lowest BCUT2D eigenvalue weighted by atomic mass is 10.1. The van der Waals surface area contributed by atoms with E-state index in [1.807, 2.05) is 35.7 Å². The highest BCUT2D eigenvalue weighted by molar-refractivity contribution is 8.00. The molecule has 0 aliphatic heterocycles. The number of carbonyl (C=O) groups is 3. The van der Waals surface area contributed by atoms with Crippen LogP contribution in [-0.2, 0) is 9.59 Å². The molecule has 0 saturated heterocycles. The van der Waals surface area contributed by atoms with E-state index >= 15 is 0 Å². The van der Waals surface area contributed by atoms with Crippen LogP contribution >= 0.6 is 46.3 Å². The van der Waals surface area contributed by atoms with E-state index in [0.29, 0.717) is 38.4 Å². The van der Waals surface area contributed by atoms with Crippen LogP contribution in [0.3, 0.4) is 0 Å². The molecule has 0 unspecified atom stereocenters. The zero-order valence-corrected chi connectivity index (χ0v) is 27.4. The molecule has 3 amide bonds. The minimum absolute atomic E-state index is 0.0357. The minimum atomic E-state index is -0.574. The number of halogens is 2. The SMILES string of the molecule is COc1ccccc1-c1csc(NC(=O)CSc2cccc(NC(=O)/C(=C\c3cccc(Cl)c3Cl)NC(=O)c3ccccc3)c2)n1. The lowest BCUT2D eigenvalue weighted by molar-refractivity contribution is -0.114. The molecule has 5 rings (SSSR count). The number of nitrogens with zero attached hydrogens (tertiary/aromatic N) is 1. The number of thiazole rings is 1. The molecule has 3 N–H and O–H groups in total. The fourth-order valence-corrected chi connectivity index (χ4v) is 6.05. The van der Waals surface area contributed by atoms with Gasteiger partial charge in [0.1, 0.15) is 11.4 Å². The lowest BCUT2D eigenvalue weighted by Crippen LogP contribution is -2.30. The van der Waals surface area contributed by atoms with Gasteiger partial charge >= 0.3 is 0 Å². The van der Waals surface area contributed by atoms with Crippen molar-refractivity contribution in [1.29, 1.82) is 0 Å². The molecule has 0 fully saturated rings. The number of hydrogen-bond donors (Lipinski definition) is 3. The summed E-state index contributed by atoms with van der Waals surface area (Å²) < 4.78 is 5.41. The third kappa shape index (κ3) is 8.55. The summed E-state index contributed by atoms with van der Waals surface area (Å²) in [6, 6.07) is 28.1. The third-order valence-corrected chi connectivity index (χ3v) is 8.99. The maximum Gasteiger partial charge on any atom is 0.272 e. The molecule has 232 valence electrons. The first-order valence-corrected chi connectivity index (χ1v) is 16.4. The van der Waals surface area contributed by atoms with Gasteiger partial charge in [-0.05, 0) is 60.2 Å². The topological polar surface area (TPSA) is 109 Å². The van der Waals surface area contributed by atoms with Crippen molar-refractivity contribution in [1.82, 2.24) is 10.3 Å². The molecule has 0 atom stereocenters. The number of para-hydroxylation sites is 1. The van der Waals surface area contributed by atoms with Gasteiger partial charge in [0.15, 0.2) is 5.13 Å². The maximum atomic E-state index is 13.5. The van der Waals surface area contributed by atoms with E-state index in [0.717, 1.165) is 10.5 Å². The third-order valence-electron chi connectivity index (χ3n) is 6.41. The number of amides is 3. The number of hydrogen-bond acceptors (Lipinski definition) is 7. The van der Waals surface area contributed by atoms with Crippen molar-refractivity contribution in [3.63, 3.8) is 0 Å². The summed E-state index contributed by atoms with van der Waals surface area (Å²) in [6.07, 6.45) is 1.46. The van der Waals surface area contributed by atoms with E-state index in [1.54, 1.807) is 73.8 Å². The molecule has 0 spiro atoms. The number of ether oxygens (including phenoxy) is 1. The second-order valence-corrected chi connectivity index (χ2v) is 12.3. The van der Waals surface area contributed by atoms with Crippen molar-refractivity contribution in [2.24, 2.45) is 0 Å². The first-order valence-electron chi connectivity index (χ1n) is 13.8. The second-order valence-electron chi connectivity index (χ2n) is 9.58. The van der Waals surface area contributed by atoms with E-state index in [-0.39, 0.29) is 22.4 Å². The van der Waals surface area contributed by atoms with Crippen molar-refractivity contribution in [3.05, 3.63) is 129 Å². The molecule has 0 aliphatic carbocycles. The van der Waals surface area contributed by atoms with E-state index in [1.165, 1.54) is 29.2 Å². The van der Waals surface area contributed by atoms with Crippen LogP contribution in [-0.4, -0.2) is 35.6 Å². The molecule has 0 bridgehead atoms. The molecule has 1 aromatic heterocycles. The zero-order chi connectivity index (χ0) is 32.5. The number of rotatable bonds is 11. The van der Waals surface area contributed by atoms with Crippen LogP contribution in [0.25, 0.3) is 17.3 Å². The average molecular weight is 690 g/mol. The first kappa shape index (κ1) is 32.8. The number of benzene rings is 4. The molecule has 0 aliphatic rings. The summed E-state index contributed by atoms with van der Waals surface area (Å²) in [4.78, 5) is 44.4. The summed E-state index contributed by atoms with van der Waals surface area (Å²) in [5.74, 6) is -0.456. The largest absolute Gasteiger partial charge is 0.496 e. The van der Waals surface area contributed by atoms with Crippen molar-refractivity contribution in [2.75, 3.05) is 23.5 Å². The molecular formula is C34H26Cl2N4O4S2. The summed E-state index contributed by atoms with van der Waals surface area (Å²) in [5.41, 5.74) is 2.81. The molecule has 4 aromatic carbocycles. The van der Waals surface area contributed by atoms with Crippen LogP contribution in [0, 0.1) is 0 Å². The Morgan fingerprint density at radius 1 is 0.913 bits per heavy atom. The molecule has 12 heteroatoms. The normalized spacial score (nSPS) is 11.1. The van der Waals surface area contributed by atoms with Crippen molar-refractivity contribution >= 4 is 80.9 Å². The van der Waals surface area contributed by atoms with Crippen LogP contribution in [0.4, 0.5) is 10.8 Å². The van der Waals surface area contributed by atoms with Crippen molar-refractivity contribution < 1.29 is 19.1 Å². The monoisotopic (exact) mass is 688 g/mol. The first-order chi connectivity index (χ1) is 22.3. The van der Waals surface area contributed by atoms with Gasteiger partial charge in [0.2, 0.25) is 5.91 Å². The van der Waals surface area contributed by atoms with Gasteiger partial charge in [-0.3, -0.25) is 14.4 Å². The predicted octanol–water partition coefficient (Wildman–Crippen LogP) is 8.27. The Hall–Kier alpha value is -4.61. The Morgan fingerprint density at radius 2 is 1.67 bits per heavy atom. The Morgan fingerprint density at radius 3 is 2.48 bits per heavy atom. The molecule has 46 heavy (non-hydrogen) atoms. The number of carbonyl (C=O) groups excluding carboxylic acids is 3.